The minimum Gasteiger partial charge on any atom is -0.496 e. The van der Waals surface area contributed by atoms with Crippen molar-refractivity contribution in [3.8, 4) is 17.1 Å². The molecular weight excluding hydrogens is 413 g/mol. The molecule has 0 unspecified atom stereocenters. The monoisotopic (exact) mass is 424 g/mol. The lowest BCUT2D eigenvalue weighted by Gasteiger charge is -2.10. The number of hydrogen-bond acceptors (Lipinski definition) is 6. The molecule has 7 nitrogen and oxygen atoms in total. The Morgan fingerprint density at radius 3 is 2.38 bits per heavy atom. The summed E-state index contributed by atoms with van der Waals surface area (Å²) in [6.07, 6.45) is -4.46. The van der Waals surface area contributed by atoms with Crippen LogP contribution in [0.15, 0.2) is 48.5 Å². The first-order valence-corrected chi connectivity index (χ1v) is 8.37. The summed E-state index contributed by atoms with van der Waals surface area (Å²) in [6, 6.07) is 9.77. The van der Waals surface area contributed by atoms with Gasteiger partial charge in [0.2, 0.25) is 0 Å². The molecule has 0 bridgehead atoms. The van der Waals surface area contributed by atoms with Crippen LogP contribution in [0.2, 0.25) is 5.15 Å². The number of nitrogens with zero attached hydrogens (tertiary/aromatic N) is 3. The van der Waals surface area contributed by atoms with Gasteiger partial charge in [-0.25, -0.2) is 9.97 Å². The minimum atomic E-state index is -4.46. The van der Waals surface area contributed by atoms with Crippen LogP contribution in [0.1, 0.15) is 5.56 Å². The summed E-state index contributed by atoms with van der Waals surface area (Å²) >= 11 is 6.00. The van der Waals surface area contributed by atoms with Crippen LogP contribution in [0.25, 0.3) is 11.4 Å². The predicted octanol–water partition coefficient (Wildman–Crippen LogP) is 5.48. The van der Waals surface area contributed by atoms with Crippen LogP contribution in [0.3, 0.4) is 0 Å². The maximum Gasteiger partial charge on any atom is 0.416 e. The van der Waals surface area contributed by atoms with Gasteiger partial charge in [-0.1, -0.05) is 23.7 Å². The lowest BCUT2D eigenvalue weighted by molar-refractivity contribution is -0.384. The molecule has 0 fully saturated rings. The summed E-state index contributed by atoms with van der Waals surface area (Å²) in [4.78, 5) is 18.9. The largest absolute Gasteiger partial charge is 0.496 e. The normalized spacial score (nSPS) is 11.2. The molecule has 0 aliphatic carbocycles. The Balaban J connectivity index is 1.95. The molecule has 0 atom stereocenters. The van der Waals surface area contributed by atoms with Gasteiger partial charge in [0, 0.05) is 11.6 Å². The minimum absolute atomic E-state index is 0.00793. The van der Waals surface area contributed by atoms with E-state index in [1.807, 2.05) is 0 Å². The molecule has 1 N–H and O–H groups in total. The van der Waals surface area contributed by atoms with Crippen LogP contribution in [-0.2, 0) is 6.18 Å². The smallest absolute Gasteiger partial charge is 0.416 e. The molecule has 3 rings (SSSR count). The lowest BCUT2D eigenvalue weighted by atomic mass is 10.1. The van der Waals surface area contributed by atoms with Crippen LogP contribution >= 0.6 is 11.6 Å². The third-order valence-electron chi connectivity index (χ3n) is 3.83. The second-order valence-electron chi connectivity index (χ2n) is 5.74. The Morgan fingerprint density at radius 1 is 1.10 bits per heavy atom. The summed E-state index contributed by atoms with van der Waals surface area (Å²) < 4.78 is 43.2. The van der Waals surface area contributed by atoms with Crippen LogP contribution in [-0.4, -0.2) is 22.0 Å². The van der Waals surface area contributed by atoms with Crippen LogP contribution in [0.4, 0.5) is 30.4 Å². The number of halogens is 4. The fourth-order valence-electron chi connectivity index (χ4n) is 2.45. The maximum atomic E-state index is 12.7. The molecule has 0 aliphatic heterocycles. The average Bonchev–Trinajstić information content (AvgIpc) is 2.67. The van der Waals surface area contributed by atoms with E-state index in [1.54, 1.807) is 0 Å². The van der Waals surface area contributed by atoms with E-state index in [0.29, 0.717) is 11.3 Å². The molecule has 0 radical (unpaired) electrons. The van der Waals surface area contributed by atoms with E-state index < -0.39 is 16.7 Å². The number of rotatable bonds is 5. The molecule has 0 saturated heterocycles. The second-order valence-corrected chi connectivity index (χ2v) is 6.13. The van der Waals surface area contributed by atoms with Crippen molar-refractivity contribution >= 4 is 28.8 Å². The number of alkyl halides is 3. The highest BCUT2D eigenvalue weighted by Gasteiger charge is 2.30. The Hall–Kier alpha value is -3.40. The molecule has 2 aromatic carbocycles. The number of nitro benzene ring substituents is 1. The third kappa shape index (κ3) is 4.72. The number of anilines is 2. The van der Waals surface area contributed by atoms with Crippen molar-refractivity contribution in [2.24, 2.45) is 0 Å². The zero-order valence-corrected chi connectivity index (χ0v) is 15.5. The fourth-order valence-corrected chi connectivity index (χ4v) is 2.64. The first-order chi connectivity index (χ1) is 13.7. The van der Waals surface area contributed by atoms with Gasteiger partial charge >= 0.3 is 6.18 Å². The van der Waals surface area contributed by atoms with E-state index in [-0.39, 0.29) is 28.2 Å². The second kappa shape index (κ2) is 7.92. The standard InChI is InChI=1S/C18H12ClF3N4O3/c1-29-12-6-7-13(14(8-12)26(27)28)23-16-9-15(19)24-17(25-16)10-2-4-11(5-3-10)18(20,21)22/h2-9H,1H3,(H,23,24,25). The van der Waals surface area contributed by atoms with Gasteiger partial charge in [-0.15, -0.1) is 0 Å². The molecule has 3 aromatic rings. The summed E-state index contributed by atoms with van der Waals surface area (Å²) in [7, 11) is 1.38. The Labute approximate surface area is 167 Å². The fraction of sp³-hybridized carbons (Fsp3) is 0.111. The molecule has 11 heteroatoms. The highest BCUT2D eigenvalue weighted by Crippen LogP contribution is 2.33. The quantitative estimate of drug-likeness (QED) is 0.331. The predicted molar refractivity (Wildman–Crippen MR) is 100 cm³/mol. The van der Waals surface area contributed by atoms with E-state index in [9.17, 15) is 23.3 Å². The molecule has 29 heavy (non-hydrogen) atoms. The Bertz CT molecular complexity index is 1060. The van der Waals surface area contributed by atoms with E-state index in [1.165, 1.54) is 43.5 Å². The molecule has 0 spiro atoms. The lowest BCUT2D eigenvalue weighted by Crippen LogP contribution is -2.04. The highest BCUT2D eigenvalue weighted by atomic mass is 35.5. The Kier molecular flexibility index (Phi) is 5.55. The topological polar surface area (TPSA) is 90.2 Å². The van der Waals surface area contributed by atoms with Crippen molar-refractivity contribution in [3.05, 3.63) is 69.4 Å². The van der Waals surface area contributed by atoms with Crippen molar-refractivity contribution in [3.63, 3.8) is 0 Å². The maximum absolute atomic E-state index is 12.7. The van der Waals surface area contributed by atoms with Crippen molar-refractivity contribution in [1.82, 2.24) is 9.97 Å². The van der Waals surface area contributed by atoms with Crippen molar-refractivity contribution < 1.29 is 22.8 Å². The number of nitrogens with one attached hydrogen (secondary N) is 1. The zero-order valence-electron chi connectivity index (χ0n) is 14.7. The van der Waals surface area contributed by atoms with E-state index >= 15 is 0 Å². The molecule has 1 aromatic heterocycles. The molecule has 1 heterocycles. The van der Waals surface area contributed by atoms with Gasteiger partial charge in [0.1, 0.15) is 22.4 Å². The molecule has 0 saturated carbocycles. The molecule has 0 aliphatic rings. The van der Waals surface area contributed by atoms with E-state index in [4.69, 9.17) is 16.3 Å². The van der Waals surface area contributed by atoms with Gasteiger partial charge in [0.15, 0.2) is 5.82 Å². The average molecular weight is 425 g/mol. The van der Waals surface area contributed by atoms with E-state index in [2.05, 4.69) is 15.3 Å². The molecule has 150 valence electrons. The molecular formula is C18H12ClF3N4O3. The summed E-state index contributed by atoms with van der Waals surface area (Å²) in [6.45, 7) is 0. The first-order valence-electron chi connectivity index (χ1n) is 7.99. The van der Waals surface area contributed by atoms with Gasteiger partial charge < -0.3 is 10.1 Å². The number of nitro groups is 1. The van der Waals surface area contributed by atoms with Crippen molar-refractivity contribution in [2.45, 2.75) is 6.18 Å². The van der Waals surface area contributed by atoms with Gasteiger partial charge in [-0.3, -0.25) is 10.1 Å². The molecule has 0 amide bonds. The number of benzene rings is 2. The Morgan fingerprint density at radius 2 is 1.79 bits per heavy atom. The number of ether oxygens (including phenoxy) is 1. The highest BCUT2D eigenvalue weighted by molar-refractivity contribution is 6.29. The first kappa shape index (κ1) is 20.3. The van der Waals surface area contributed by atoms with Crippen LogP contribution in [0, 0.1) is 10.1 Å². The van der Waals surface area contributed by atoms with Gasteiger partial charge in [0.05, 0.1) is 23.7 Å². The number of aromatic nitrogens is 2. The van der Waals surface area contributed by atoms with E-state index in [0.717, 1.165) is 12.1 Å². The van der Waals surface area contributed by atoms with Crippen LogP contribution < -0.4 is 10.1 Å². The van der Waals surface area contributed by atoms with Crippen molar-refractivity contribution in [1.29, 1.82) is 0 Å². The number of methoxy groups -OCH3 is 1. The third-order valence-corrected chi connectivity index (χ3v) is 4.02. The summed E-state index contributed by atoms with van der Waals surface area (Å²) in [5.41, 5.74) is -0.637. The van der Waals surface area contributed by atoms with Gasteiger partial charge in [-0.05, 0) is 24.3 Å². The van der Waals surface area contributed by atoms with Crippen molar-refractivity contribution in [2.75, 3.05) is 12.4 Å². The summed E-state index contributed by atoms with van der Waals surface area (Å²) in [5, 5.41) is 14.1. The SMILES string of the molecule is COc1ccc(Nc2cc(Cl)nc(-c3ccc(C(F)(F)F)cc3)n2)c([N+](=O)[O-])c1. The van der Waals surface area contributed by atoms with Gasteiger partial charge in [0.25, 0.3) is 5.69 Å². The zero-order chi connectivity index (χ0) is 21.2. The summed E-state index contributed by atoms with van der Waals surface area (Å²) in [5.74, 6) is 0.492. The van der Waals surface area contributed by atoms with Crippen LogP contribution in [0.5, 0.6) is 5.75 Å². The van der Waals surface area contributed by atoms with Gasteiger partial charge in [-0.2, -0.15) is 13.2 Å². The number of hydrogen-bond donors (Lipinski definition) is 1.